The summed E-state index contributed by atoms with van der Waals surface area (Å²) >= 11 is 0. The summed E-state index contributed by atoms with van der Waals surface area (Å²) in [5.41, 5.74) is 1.65. The van der Waals surface area contributed by atoms with Crippen molar-refractivity contribution in [1.29, 1.82) is 0 Å². The summed E-state index contributed by atoms with van der Waals surface area (Å²) in [7, 11) is 0. The predicted molar refractivity (Wildman–Crippen MR) is 63.3 cm³/mol. The summed E-state index contributed by atoms with van der Waals surface area (Å²) in [6.45, 7) is 3.35. The SMILES string of the molecule is CC(=O)c1ccc(-c2ccccc2)[o+]c1C. The topological polar surface area (TPSA) is 28.4 Å². The first-order valence-electron chi connectivity index (χ1n) is 5.18. The van der Waals surface area contributed by atoms with Gasteiger partial charge in [0.25, 0.3) is 0 Å². The smallest absolute Gasteiger partial charge is 0.294 e. The highest BCUT2D eigenvalue weighted by molar-refractivity contribution is 5.95. The fourth-order valence-corrected chi connectivity index (χ4v) is 1.65. The highest BCUT2D eigenvalue weighted by atomic mass is 16.3. The van der Waals surface area contributed by atoms with Crippen molar-refractivity contribution in [3.05, 3.63) is 53.8 Å². The standard InChI is InChI=1S/C14H13O2/c1-10(15)13-8-9-14(16-11(13)2)12-6-4-3-5-7-12/h3-9H,1-2H3/q+1. The molecular weight excluding hydrogens is 200 g/mol. The Labute approximate surface area is 94.5 Å². The van der Waals surface area contributed by atoms with E-state index in [-0.39, 0.29) is 5.78 Å². The molecule has 1 aromatic carbocycles. The normalized spacial score (nSPS) is 10.1. The van der Waals surface area contributed by atoms with Crippen LogP contribution in [0.2, 0.25) is 0 Å². The van der Waals surface area contributed by atoms with Crippen molar-refractivity contribution in [3.8, 4) is 11.3 Å². The summed E-state index contributed by atoms with van der Waals surface area (Å²) in [6.07, 6.45) is 0. The van der Waals surface area contributed by atoms with E-state index in [2.05, 4.69) is 0 Å². The second-order valence-corrected chi connectivity index (χ2v) is 3.69. The minimum absolute atomic E-state index is 0.0286. The quantitative estimate of drug-likeness (QED) is 0.561. The molecule has 0 saturated carbocycles. The van der Waals surface area contributed by atoms with E-state index >= 15 is 0 Å². The molecule has 0 saturated heterocycles. The Morgan fingerprint density at radius 2 is 1.75 bits per heavy atom. The van der Waals surface area contributed by atoms with Crippen LogP contribution in [0.5, 0.6) is 0 Å². The van der Waals surface area contributed by atoms with Crippen molar-refractivity contribution in [2.75, 3.05) is 0 Å². The van der Waals surface area contributed by atoms with E-state index in [0.29, 0.717) is 11.3 Å². The van der Waals surface area contributed by atoms with E-state index < -0.39 is 0 Å². The lowest BCUT2D eigenvalue weighted by atomic mass is 10.1. The number of hydrogen-bond acceptors (Lipinski definition) is 1. The van der Waals surface area contributed by atoms with Gasteiger partial charge in [-0.2, -0.15) is 0 Å². The van der Waals surface area contributed by atoms with Crippen molar-refractivity contribution in [3.63, 3.8) is 0 Å². The van der Waals surface area contributed by atoms with E-state index in [1.807, 2.05) is 49.4 Å². The zero-order chi connectivity index (χ0) is 11.5. The first-order valence-corrected chi connectivity index (χ1v) is 5.18. The molecule has 2 rings (SSSR count). The van der Waals surface area contributed by atoms with Crippen LogP contribution in [0.15, 0.2) is 46.9 Å². The van der Waals surface area contributed by atoms with Crippen LogP contribution in [0, 0.1) is 6.92 Å². The number of Topliss-reactive ketones (excluding diaryl/α,β-unsaturated/α-hetero) is 1. The molecule has 0 radical (unpaired) electrons. The van der Waals surface area contributed by atoms with Crippen molar-refractivity contribution in [1.82, 2.24) is 0 Å². The van der Waals surface area contributed by atoms with Crippen molar-refractivity contribution < 1.29 is 9.21 Å². The van der Waals surface area contributed by atoms with Gasteiger partial charge in [0.05, 0.1) is 12.5 Å². The number of carbonyl (C=O) groups is 1. The summed E-state index contributed by atoms with van der Waals surface area (Å²) in [6, 6.07) is 13.5. The lowest BCUT2D eigenvalue weighted by Gasteiger charge is -1.94. The van der Waals surface area contributed by atoms with Gasteiger partial charge in [0, 0.05) is 6.07 Å². The third-order valence-electron chi connectivity index (χ3n) is 2.48. The van der Waals surface area contributed by atoms with Gasteiger partial charge >= 0.3 is 11.5 Å². The van der Waals surface area contributed by atoms with Gasteiger partial charge in [0.1, 0.15) is 5.56 Å². The van der Waals surface area contributed by atoms with Crippen molar-refractivity contribution >= 4 is 5.78 Å². The Kier molecular flexibility index (Phi) is 2.82. The van der Waals surface area contributed by atoms with Gasteiger partial charge in [0.2, 0.25) is 0 Å². The highest BCUT2D eigenvalue weighted by Gasteiger charge is 2.18. The molecular formula is C14H13O2+. The zero-order valence-corrected chi connectivity index (χ0v) is 9.36. The zero-order valence-electron chi connectivity index (χ0n) is 9.36. The lowest BCUT2D eigenvalue weighted by molar-refractivity contribution is 0.101. The summed E-state index contributed by atoms with van der Waals surface area (Å²) in [5.74, 6) is 1.47. The average molecular weight is 213 g/mol. The van der Waals surface area contributed by atoms with E-state index in [1.165, 1.54) is 0 Å². The van der Waals surface area contributed by atoms with Crippen LogP contribution in [0.4, 0.5) is 0 Å². The minimum Gasteiger partial charge on any atom is -0.294 e. The van der Waals surface area contributed by atoms with Crippen LogP contribution < -0.4 is 0 Å². The first-order chi connectivity index (χ1) is 7.68. The van der Waals surface area contributed by atoms with E-state index in [4.69, 9.17) is 4.42 Å². The second-order valence-electron chi connectivity index (χ2n) is 3.69. The molecule has 0 amide bonds. The van der Waals surface area contributed by atoms with Gasteiger partial charge in [-0.1, -0.05) is 18.2 Å². The van der Waals surface area contributed by atoms with Gasteiger partial charge in [0.15, 0.2) is 5.78 Å². The van der Waals surface area contributed by atoms with Gasteiger partial charge in [-0.3, -0.25) is 4.79 Å². The summed E-state index contributed by atoms with van der Waals surface area (Å²) in [5, 5.41) is 0. The largest absolute Gasteiger partial charge is 0.360 e. The Balaban J connectivity index is 2.46. The van der Waals surface area contributed by atoms with Crippen molar-refractivity contribution in [2.24, 2.45) is 0 Å². The van der Waals surface area contributed by atoms with Gasteiger partial charge < -0.3 is 0 Å². The number of benzene rings is 1. The van der Waals surface area contributed by atoms with Crippen LogP contribution in [-0.2, 0) is 0 Å². The maximum absolute atomic E-state index is 11.3. The first kappa shape index (κ1) is 10.6. The van der Waals surface area contributed by atoms with Gasteiger partial charge in [-0.15, -0.1) is 0 Å². The molecule has 2 aromatic rings. The fourth-order valence-electron chi connectivity index (χ4n) is 1.65. The van der Waals surface area contributed by atoms with Crippen molar-refractivity contribution in [2.45, 2.75) is 13.8 Å². The van der Waals surface area contributed by atoms with Crippen LogP contribution in [0.3, 0.4) is 0 Å². The van der Waals surface area contributed by atoms with Crippen LogP contribution in [0.25, 0.3) is 11.3 Å². The monoisotopic (exact) mass is 213 g/mol. The maximum atomic E-state index is 11.3. The lowest BCUT2D eigenvalue weighted by Crippen LogP contribution is -1.95. The molecule has 0 fully saturated rings. The molecule has 1 heterocycles. The summed E-state index contributed by atoms with van der Waals surface area (Å²) < 4.78 is 5.63. The van der Waals surface area contributed by atoms with E-state index in [9.17, 15) is 4.79 Å². The van der Waals surface area contributed by atoms with Gasteiger partial charge in [-0.05, 0) is 25.1 Å². The molecule has 0 aliphatic carbocycles. The molecule has 0 atom stereocenters. The molecule has 2 nitrogen and oxygen atoms in total. The molecule has 80 valence electrons. The molecule has 0 aliphatic heterocycles. The van der Waals surface area contributed by atoms with Gasteiger partial charge in [-0.25, -0.2) is 4.42 Å². The Bertz CT molecular complexity index is 516. The Hall–Kier alpha value is -1.96. The number of ketones is 1. The number of carbonyl (C=O) groups excluding carboxylic acids is 1. The second kappa shape index (κ2) is 4.27. The average Bonchev–Trinajstić information content (AvgIpc) is 2.29. The molecule has 16 heavy (non-hydrogen) atoms. The molecule has 0 N–H and O–H groups in total. The predicted octanol–water partition coefficient (Wildman–Crippen LogP) is 3.74. The van der Waals surface area contributed by atoms with Crippen LogP contribution in [-0.4, -0.2) is 5.78 Å². The third-order valence-corrected chi connectivity index (χ3v) is 2.48. The molecule has 0 bridgehead atoms. The number of hydrogen-bond donors (Lipinski definition) is 0. The van der Waals surface area contributed by atoms with Crippen LogP contribution >= 0.6 is 0 Å². The van der Waals surface area contributed by atoms with E-state index in [0.717, 1.165) is 11.3 Å². The Morgan fingerprint density at radius 3 is 2.31 bits per heavy atom. The number of rotatable bonds is 2. The molecule has 1 aromatic heterocycles. The molecule has 2 heteroatoms. The molecule has 0 aliphatic rings. The molecule has 0 spiro atoms. The minimum atomic E-state index is 0.0286. The fraction of sp³-hybridized carbons (Fsp3) is 0.143. The Morgan fingerprint density at radius 1 is 1.06 bits per heavy atom. The summed E-state index contributed by atoms with van der Waals surface area (Å²) in [4.78, 5) is 11.3. The maximum Gasteiger partial charge on any atom is 0.360 e. The number of aryl methyl sites for hydroxylation is 1. The molecule has 0 unspecified atom stereocenters. The highest BCUT2D eigenvalue weighted by Crippen LogP contribution is 2.22. The third kappa shape index (κ3) is 2.01. The van der Waals surface area contributed by atoms with E-state index in [1.54, 1.807) is 6.92 Å². The van der Waals surface area contributed by atoms with Crippen LogP contribution in [0.1, 0.15) is 23.0 Å².